The van der Waals surface area contributed by atoms with Crippen molar-refractivity contribution in [3.63, 3.8) is 0 Å². The molecule has 0 fully saturated rings. The quantitative estimate of drug-likeness (QED) is 0.475. The van der Waals surface area contributed by atoms with Gasteiger partial charge < -0.3 is 9.90 Å². The summed E-state index contributed by atoms with van der Waals surface area (Å²) in [7, 11) is 1.36. The SMILES string of the molecule is Cc1n[nH]c(C)c1Cc1sc2c(c1C(=O)[O-])c(=O)n(C)c(=O)n2CC(C)C.[Na+]. The molecular weight excluding hydrogens is 391 g/mol. The van der Waals surface area contributed by atoms with Gasteiger partial charge in [0.25, 0.3) is 5.56 Å². The number of thiophene rings is 1. The van der Waals surface area contributed by atoms with Gasteiger partial charge in [-0.1, -0.05) is 13.8 Å². The van der Waals surface area contributed by atoms with Gasteiger partial charge in [-0.15, -0.1) is 11.3 Å². The second-order valence-electron chi connectivity index (χ2n) is 7.11. The van der Waals surface area contributed by atoms with E-state index in [1.807, 2.05) is 27.7 Å². The van der Waals surface area contributed by atoms with E-state index in [0.717, 1.165) is 32.9 Å². The zero-order chi connectivity index (χ0) is 20.0. The summed E-state index contributed by atoms with van der Waals surface area (Å²) in [6, 6.07) is 0. The summed E-state index contributed by atoms with van der Waals surface area (Å²) in [6.45, 7) is 7.98. The van der Waals surface area contributed by atoms with Crippen LogP contribution in [0.1, 0.15) is 46.0 Å². The molecule has 0 saturated heterocycles. The fraction of sp³-hybridized carbons (Fsp3) is 0.444. The molecule has 3 aromatic heterocycles. The van der Waals surface area contributed by atoms with Gasteiger partial charge in [-0.3, -0.25) is 19.0 Å². The van der Waals surface area contributed by atoms with E-state index in [1.165, 1.54) is 11.6 Å². The van der Waals surface area contributed by atoms with Crippen molar-refractivity contribution in [2.24, 2.45) is 13.0 Å². The molecule has 3 heterocycles. The number of aromatic carboxylic acids is 1. The van der Waals surface area contributed by atoms with Crippen LogP contribution in [0, 0.1) is 19.8 Å². The van der Waals surface area contributed by atoms with Crippen molar-refractivity contribution >= 4 is 27.5 Å². The maximum absolute atomic E-state index is 12.7. The number of carbonyl (C=O) groups is 1. The number of nitrogens with zero attached hydrogens (tertiary/aromatic N) is 3. The summed E-state index contributed by atoms with van der Waals surface area (Å²) in [4.78, 5) is 38.1. The van der Waals surface area contributed by atoms with Crippen LogP contribution in [-0.2, 0) is 20.0 Å². The number of rotatable bonds is 5. The maximum Gasteiger partial charge on any atom is 1.00 e. The van der Waals surface area contributed by atoms with E-state index in [4.69, 9.17) is 0 Å². The minimum Gasteiger partial charge on any atom is -0.545 e. The molecule has 0 aliphatic heterocycles. The largest absolute Gasteiger partial charge is 1.00 e. The van der Waals surface area contributed by atoms with E-state index in [-0.39, 0.29) is 46.4 Å². The Morgan fingerprint density at radius 1 is 1.29 bits per heavy atom. The summed E-state index contributed by atoms with van der Waals surface area (Å²) >= 11 is 1.16. The van der Waals surface area contributed by atoms with Crippen molar-refractivity contribution in [1.29, 1.82) is 0 Å². The van der Waals surface area contributed by atoms with E-state index in [0.29, 0.717) is 22.7 Å². The number of nitrogens with one attached hydrogen (secondary N) is 1. The molecule has 28 heavy (non-hydrogen) atoms. The molecule has 0 aliphatic carbocycles. The fourth-order valence-electron chi connectivity index (χ4n) is 3.24. The molecule has 0 spiro atoms. The van der Waals surface area contributed by atoms with Gasteiger partial charge in [-0.25, -0.2) is 4.79 Å². The molecule has 0 aromatic carbocycles. The molecule has 144 valence electrons. The minimum absolute atomic E-state index is 0. The first kappa shape index (κ1) is 22.6. The molecule has 0 aliphatic rings. The number of H-pyrrole nitrogens is 1. The summed E-state index contributed by atoms with van der Waals surface area (Å²) in [5, 5.41) is 19.0. The number of carboxylic acids is 1. The number of carbonyl (C=O) groups excluding carboxylic acids is 1. The first-order valence-electron chi connectivity index (χ1n) is 8.60. The molecule has 1 N–H and O–H groups in total. The van der Waals surface area contributed by atoms with Gasteiger partial charge in [0.2, 0.25) is 0 Å². The Labute approximate surface area is 187 Å². The van der Waals surface area contributed by atoms with Gasteiger partial charge in [0, 0.05) is 41.7 Å². The van der Waals surface area contributed by atoms with Crippen LogP contribution >= 0.6 is 11.3 Å². The van der Waals surface area contributed by atoms with Crippen molar-refractivity contribution in [1.82, 2.24) is 19.3 Å². The van der Waals surface area contributed by atoms with Gasteiger partial charge in [0.05, 0.1) is 17.0 Å². The number of aryl methyl sites for hydroxylation is 2. The van der Waals surface area contributed by atoms with Crippen molar-refractivity contribution in [3.8, 4) is 0 Å². The Hall–Kier alpha value is -1.68. The monoisotopic (exact) mass is 412 g/mol. The second kappa shape index (κ2) is 8.36. The van der Waals surface area contributed by atoms with Crippen LogP contribution in [0.15, 0.2) is 9.59 Å². The first-order valence-corrected chi connectivity index (χ1v) is 9.42. The Balaban J connectivity index is 0.00000280. The van der Waals surface area contributed by atoms with Crippen molar-refractivity contribution in [3.05, 3.63) is 48.2 Å². The minimum atomic E-state index is -1.41. The van der Waals surface area contributed by atoms with E-state index < -0.39 is 17.2 Å². The first-order chi connectivity index (χ1) is 12.6. The molecule has 0 amide bonds. The van der Waals surface area contributed by atoms with Gasteiger partial charge >= 0.3 is 35.2 Å². The average Bonchev–Trinajstić information content (AvgIpc) is 3.12. The molecule has 0 unspecified atom stereocenters. The standard InChI is InChI=1S/C18H22N4O4S.Na/c1-8(2)7-22-16-14(15(23)21(5)18(22)26)13(17(24)25)12(27-16)6-11-9(3)19-20-10(11)4;/h8H,6-7H2,1-5H3,(H,19,20)(H,24,25);/q;+1/p-1. The third-order valence-electron chi connectivity index (χ3n) is 4.61. The van der Waals surface area contributed by atoms with Gasteiger partial charge in [0.1, 0.15) is 4.83 Å². The van der Waals surface area contributed by atoms with E-state index in [9.17, 15) is 19.5 Å². The van der Waals surface area contributed by atoms with Crippen molar-refractivity contribution in [2.45, 2.75) is 40.7 Å². The average molecular weight is 412 g/mol. The molecule has 3 aromatic rings. The van der Waals surface area contributed by atoms with E-state index >= 15 is 0 Å². The number of hydrogen-bond donors (Lipinski definition) is 1. The van der Waals surface area contributed by atoms with Crippen LogP contribution in [0.25, 0.3) is 10.2 Å². The predicted octanol–water partition coefficient (Wildman–Crippen LogP) is -2.28. The normalized spacial score (nSPS) is 11.2. The number of aromatic amines is 1. The second-order valence-corrected chi connectivity index (χ2v) is 8.19. The maximum atomic E-state index is 12.7. The molecule has 0 radical (unpaired) electrons. The molecule has 3 rings (SSSR count). The molecule has 0 bridgehead atoms. The van der Waals surface area contributed by atoms with Crippen LogP contribution in [0.5, 0.6) is 0 Å². The third-order valence-corrected chi connectivity index (χ3v) is 5.83. The van der Waals surface area contributed by atoms with Crippen LogP contribution in [-0.4, -0.2) is 25.3 Å². The predicted molar refractivity (Wildman–Crippen MR) is 101 cm³/mol. The van der Waals surface area contributed by atoms with E-state index in [2.05, 4.69) is 10.2 Å². The number of fused-ring (bicyclic) bond motifs is 1. The summed E-state index contributed by atoms with van der Waals surface area (Å²) in [5.41, 5.74) is 1.28. The molecule has 0 saturated carbocycles. The Morgan fingerprint density at radius 3 is 2.43 bits per heavy atom. The van der Waals surface area contributed by atoms with Crippen LogP contribution in [0.4, 0.5) is 0 Å². The van der Waals surface area contributed by atoms with Crippen molar-refractivity contribution in [2.75, 3.05) is 0 Å². The fourth-order valence-corrected chi connectivity index (χ4v) is 4.53. The van der Waals surface area contributed by atoms with Crippen LogP contribution < -0.4 is 45.9 Å². The van der Waals surface area contributed by atoms with E-state index in [1.54, 1.807) is 0 Å². The Bertz CT molecular complexity index is 1150. The number of carboxylic acid groups (broad SMARTS) is 1. The summed E-state index contributed by atoms with van der Waals surface area (Å²) in [6.07, 6.45) is 0.301. The Morgan fingerprint density at radius 2 is 1.93 bits per heavy atom. The smallest absolute Gasteiger partial charge is 0.545 e. The Kier molecular flexibility index (Phi) is 6.75. The molecule has 0 atom stereocenters. The van der Waals surface area contributed by atoms with Gasteiger partial charge in [0.15, 0.2) is 0 Å². The zero-order valence-electron chi connectivity index (χ0n) is 16.9. The van der Waals surface area contributed by atoms with Crippen LogP contribution in [0.2, 0.25) is 0 Å². The third kappa shape index (κ3) is 3.76. The van der Waals surface area contributed by atoms with Crippen LogP contribution in [0.3, 0.4) is 0 Å². The molecular formula is C18H21N4NaO4S. The topological polar surface area (TPSA) is 113 Å². The molecule has 8 nitrogen and oxygen atoms in total. The number of hydrogen-bond acceptors (Lipinski definition) is 6. The van der Waals surface area contributed by atoms with Gasteiger partial charge in [-0.05, 0) is 19.8 Å². The summed E-state index contributed by atoms with van der Waals surface area (Å²) in [5.74, 6) is -1.26. The zero-order valence-corrected chi connectivity index (χ0v) is 19.7. The molecule has 10 heteroatoms. The summed E-state index contributed by atoms with van der Waals surface area (Å²) < 4.78 is 2.44. The van der Waals surface area contributed by atoms with Gasteiger partial charge in [-0.2, -0.15) is 5.10 Å². The number of aromatic nitrogens is 4. The van der Waals surface area contributed by atoms with Crippen molar-refractivity contribution < 1.29 is 39.5 Å².